The summed E-state index contributed by atoms with van der Waals surface area (Å²) >= 11 is 2.22. The van der Waals surface area contributed by atoms with E-state index in [9.17, 15) is 4.39 Å². The van der Waals surface area contributed by atoms with Crippen LogP contribution in [0, 0.1) is 9.52 Å². The molecule has 0 atom stereocenters. The quantitative estimate of drug-likeness (QED) is 0.710. The SMILES string of the molecule is Fc1cccn1-c1ccc(I)cc1. The molecule has 1 nitrogen and oxygen atoms in total. The van der Waals surface area contributed by atoms with Gasteiger partial charge in [0.15, 0.2) is 5.95 Å². The molecule has 0 aliphatic heterocycles. The molecule has 0 amide bonds. The highest BCUT2D eigenvalue weighted by Crippen LogP contribution is 2.13. The minimum atomic E-state index is -0.235. The van der Waals surface area contributed by atoms with Crippen molar-refractivity contribution in [3.05, 3.63) is 52.1 Å². The molecule has 0 aliphatic rings. The van der Waals surface area contributed by atoms with Crippen LogP contribution in [-0.4, -0.2) is 4.57 Å². The number of halogens is 2. The maximum atomic E-state index is 13.1. The topological polar surface area (TPSA) is 4.93 Å². The lowest BCUT2D eigenvalue weighted by Gasteiger charge is -2.02. The predicted molar refractivity (Wildman–Crippen MR) is 58.4 cm³/mol. The first-order chi connectivity index (χ1) is 6.27. The normalized spacial score (nSPS) is 10.3. The summed E-state index contributed by atoms with van der Waals surface area (Å²) in [7, 11) is 0. The number of aromatic nitrogens is 1. The van der Waals surface area contributed by atoms with Gasteiger partial charge in [0.1, 0.15) is 0 Å². The fourth-order valence-corrected chi connectivity index (χ4v) is 1.53. The third-order valence-electron chi connectivity index (χ3n) is 1.80. The summed E-state index contributed by atoms with van der Waals surface area (Å²) in [5, 5.41) is 0. The zero-order chi connectivity index (χ0) is 9.26. The van der Waals surface area contributed by atoms with Crippen molar-refractivity contribution in [2.24, 2.45) is 0 Å². The zero-order valence-electron chi connectivity index (χ0n) is 6.74. The number of hydrogen-bond donors (Lipinski definition) is 0. The summed E-state index contributed by atoms with van der Waals surface area (Å²) in [6, 6.07) is 10.8. The van der Waals surface area contributed by atoms with Gasteiger partial charge in [-0.15, -0.1) is 0 Å². The standard InChI is InChI=1S/C10H7FIN/c11-10-2-1-7-13(10)9-5-3-8(12)4-6-9/h1-7H. The lowest BCUT2D eigenvalue weighted by Crippen LogP contribution is -1.94. The third-order valence-corrected chi connectivity index (χ3v) is 2.52. The van der Waals surface area contributed by atoms with Crippen molar-refractivity contribution in [1.82, 2.24) is 4.57 Å². The highest BCUT2D eigenvalue weighted by molar-refractivity contribution is 14.1. The molecular weight excluding hydrogens is 280 g/mol. The van der Waals surface area contributed by atoms with E-state index in [1.807, 2.05) is 24.3 Å². The van der Waals surface area contributed by atoms with E-state index in [2.05, 4.69) is 22.6 Å². The van der Waals surface area contributed by atoms with E-state index in [0.29, 0.717) is 0 Å². The molecule has 1 heterocycles. The van der Waals surface area contributed by atoms with Crippen LogP contribution in [0.5, 0.6) is 0 Å². The van der Waals surface area contributed by atoms with Crippen LogP contribution in [0.25, 0.3) is 5.69 Å². The van der Waals surface area contributed by atoms with Gasteiger partial charge in [-0.05, 0) is 59.0 Å². The number of benzene rings is 1. The van der Waals surface area contributed by atoms with Crippen LogP contribution in [0.1, 0.15) is 0 Å². The van der Waals surface area contributed by atoms with E-state index in [-0.39, 0.29) is 5.95 Å². The Morgan fingerprint density at radius 1 is 1.08 bits per heavy atom. The largest absolute Gasteiger partial charge is 0.294 e. The van der Waals surface area contributed by atoms with Gasteiger partial charge in [0, 0.05) is 15.5 Å². The first kappa shape index (κ1) is 8.74. The third kappa shape index (κ3) is 1.75. The van der Waals surface area contributed by atoms with Crippen LogP contribution in [0.3, 0.4) is 0 Å². The van der Waals surface area contributed by atoms with Gasteiger partial charge < -0.3 is 0 Å². The number of rotatable bonds is 1. The summed E-state index contributed by atoms with van der Waals surface area (Å²) in [6.45, 7) is 0. The second kappa shape index (κ2) is 3.49. The van der Waals surface area contributed by atoms with Crippen molar-refractivity contribution in [1.29, 1.82) is 0 Å². The second-order valence-electron chi connectivity index (χ2n) is 2.68. The van der Waals surface area contributed by atoms with E-state index in [1.54, 1.807) is 12.3 Å². The predicted octanol–water partition coefficient (Wildman–Crippen LogP) is 3.22. The molecule has 0 bridgehead atoms. The van der Waals surface area contributed by atoms with Gasteiger partial charge in [-0.2, -0.15) is 4.39 Å². The summed E-state index contributed by atoms with van der Waals surface area (Å²) in [4.78, 5) is 0. The van der Waals surface area contributed by atoms with Gasteiger partial charge in [-0.3, -0.25) is 4.57 Å². The molecule has 0 saturated heterocycles. The van der Waals surface area contributed by atoms with Gasteiger partial charge in [0.2, 0.25) is 0 Å². The van der Waals surface area contributed by atoms with Crippen molar-refractivity contribution in [3.63, 3.8) is 0 Å². The molecule has 0 fully saturated rings. The molecule has 1 aromatic heterocycles. The summed E-state index contributed by atoms with van der Waals surface area (Å²) in [6.07, 6.45) is 1.71. The average Bonchev–Trinajstić information content (AvgIpc) is 2.53. The Bertz CT molecular complexity index is 405. The van der Waals surface area contributed by atoms with E-state index >= 15 is 0 Å². The lowest BCUT2D eigenvalue weighted by atomic mass is 10.3. The second-order valence-corrected chi connectivity index (χ2v) is 3.92. The smallest absolute Gasteiger partial charge is 0.198 e. The highest BCUT2D eigenvalue weighted by atomic mass is 127. The van der Waals surface area contributed by atoms with E-state index < -0.39 is 0 Å². The molecule has 0 saturated carbocycles. The van der Waals surface area contributed by atoms with Crippen molar-refractivity contribution in [2.45, 2.75) is 0 Å². The Kier molecular flexibility index (Phi) is 2.35. The molecule has 0 spiro atoms. The van der Waals surface area contributed by atoms with Gasteiger partial charge >= 0.3 is 0 Å². The Balaban J connectivity index is 2.47. The molecule has 0 N–H and O–H groups in total. The van der Waals surface area contributed by atoms with Gasteiger partial charge in [0.25, 0.3) is 0 Å². The first-order valence-electron chi connectivity index (χ1n) is 3.86. The Morgan fingerprint density at radius 3 is 2.31 bits per heavy atom. The summed E-state index contributed by atoms with van der Waals surface area (Å²) in [5.41, 5.74) is 0.850. The lowest BCUT2D eigenvalue weighted by molar-refractivity contribution is 0.560. The number of hydrogen-bond acceptors (Lipinski definition) is 0. The molecule has 2 rings (SSSR count). The number of nitrogens with zero attached hydrogens (tertiary/aromatic N) is 1. The summed E-state index contributed by atoms with van der Waals surface area (Å²) in [5.74, 6) is -0.235. The van der Waals surface area contributed by atoms with E-state index in [4.69, 9.17) is 0 Å². The van der Waals surface area contributed by atoms with Crippen LogP contribution in [0.2, 0.25) is 0 Å². The fraction of sp³-hybridized carbons (Fsp3) is 0. The van der Waals surface area contributed by atoms with Crippen LogP contribution in [-0.2, 0) is 0 Å². The fourth-order valence-electron chi connectivity index (χ4n) is 1.17. The van der Waals surface area contributed by atoms with Crippen LogP contribution < -0.4 is 0 Å². The van der Waals surface area contributed by atoms with Crippen LogP contribution in [0.15, 0.2) is 42.6 Å². The maximum Gasteiger partial charge on any atom is 0.198 e. The van der Waals surface area contributed by atoms with Gasteiger partial charge in [0.05, 0.1) is 0 Å². The minimum Gasteiger partial charge on any atom is -0.294 e. The molecule has 66 valence electrons. The molecule has 1 aromatic carbocycles. The van der Waals surface area contributed by atoms with Crippen molar-refractivity contribution < 1.29 is 4.39 Å². The van der Waals surface area contributed by atoms with Crippen molar-refractivity contribution in [2.75, 3.05) is 0 Å². The van der Waals surface area contributed by atoms with Crippen molar-refractivity contribution in [3.8, 4) is 5.69 Å². The Hall–Kier alpha value is -0.840. The van der Waals surface area contributed by atoms with Gasteiger partial charge in [-0.25, -0.2) is 0 Å². The monoisotopic (exact) mass is 287 g/mol. The first-order valence-corrected chi connectivity index (χ1v) is 4.94. The zero-order valence-corrected chi connectivity index (χ0v) is 8.90. The van der Waals surface area contributed by atoms with Crippen LogP contribution >= 0.6 is 22.6 Å². The minimum absolute atomic E-state index is 0.235. The maximum absolute atomic E-state index is 13.1. The molecule has 2 aromatic rings. The Morgan fingerprint density at radius 2 is 1.77 bits per heavy atom. The van der Waals surface area contributed by atoms with Crippen molar-refractivity contribution >= 4 is 22.6 Å². The molecular formula is C10H7FIN. The Labute approximate surface area is 89.3 Å². The molecule has 0 unspecified atom stereocenters. The molecule has 0 aliphatic carbocycles. The van der Waals surface area contributed by atoms with E-state index in [1.165, 1.54) is 10.6 Å². The molecule has 0 radical (unpaired) electrons. The average molecular weight is 287 g/mol. The van der Waals surface area contributed by atoms with E-state index in [0.717, 1.165) is 9.26 Å². The molecule has 13 heavy (non-hydrogen) atoms. The molecule has 3 heteroatoms. The van der Waals surface area contributed by atoms with Crippen LogP contribution in [0.4, 0.5) is 4.39 Å². The highest BCUT2D eigenvalue weighted by Gasteiger charge is 2.00. The summed E-state index contributed by atoms with van der Waals surface area (Å²) < 4.78 is 15.8. The van der Waals surface area contributed by atoms with Gasteiger partial charge in [-0.1, -0.05) is 0 Å².